The van der Waals surface area contributed by atoms with Crippen molar-refractivity contribution in [2.75, 3.05) is 13.2 Å². The van der Waals surface area contributed by atoms with Gasteiger partial charge in [-0.25, -0.2) is 0 Å². The first-order valence-electron chi connectivity index (χ1n) is 2.84. The van der Waals surface area contributed by atoms with E-state index in [2.05, 4.69) is 10.3 Å². The van der Waals surface area contributed by atoms with Crippen LogP contribution in [-0.2, 0) is 4.79 Å². The topological polar surface area (TPSA) is 67.5 Å². The molecular weight excluding hydrogens is 118 g/mol. The number of aliphatic imine (C=N–C) groups is 1. The Kier molecular flexibility index (Phi) is 1.79. The zero-order valence-corrected chi connectivity index (χ0v) is 5.05. The first kappa shape index (κ1) is 6.22. The molecule has 0 aromatic carbocycles. The Morgan fingerprint density at radius 2 is 2.56 bits per heavy atom. The molecule has 3 N–H and O–H groups in total. The molecule has 0 aliphatic carbocycles. The van der Waals surface area contributed by atoms with Crippen LogP contribution in [0.15, 0.2) is 4.99 Å². The molecule has 0 fully saturated rings. The third-order valence-electron chi connectivity index (χ3n) is 1.20. The quantitative estimate of drug-likeness (QED) is 0.467. The number of hydrogen-bond donors (Lipinski definition) is 2. The number of primary amides is 1. The number of hydrogen-bond acceptors (Lipinski definition) is 3. The Bertz CT molecular complexity index is 152. The van der Waals surface area contributed by atoms with Crippen LogP contribution in [0.5, 0.6) is 0 Å². The molecule has 0 aromatic heterocycles. The third kappa shape index (κ3) is 1.50. The molecule has 1 aliphatic heterocycles. The molecule has 0 bridgehead atoms. The molecule has 0 atom stereocenters. The predicted octanol–water partition coefficient (Wildman–Crippen LogP) is -1.14. The van der Waals surface area contributed by atoms with E-state index in [4.69, 9.17) is 5.73 Å². The van der Waals surface area contributed by atoms with Crippen LogP contribution in [0, 0.1) is 0 Å². The van der Waals surface area contributed by atoms with Gasteiger partial charge >= 0.3 is 0 Å². The van der Waals surface area contributed by atoms with Crippen molar-refractivity contribution in [1.29, 1.82) is 0 Å². The number of carbonyl (C=O) groups is 1. The fourth-order valence-electron chi connectivity index (χ4n) is 0.717. The van der Waals surface area contributed by atoms with Crippen LogP contribution < -0.4 is 11.1 Å². The average molecular weight is 127 g/mol. The highest BCUT2D eigenvalue weighted by Crippen LogP contribution is 1.89. The van der Waals surface area contributed by atoms with Crippen LogP contribution in [0.25, 0.3) is 0 Å². The highest BCUT2D eigenvalue weighted by Gasteiger charge is 2.08. The average Bonchev–Trinajstić information content (AvgIpc) is 1.90. The van der Waals surface area contributed by atoms with Gasteiger partial charge in [-0.15, -0.1) is 0 Å². The van der Waals surface area contributed by atoms with Crippen LogP contribution in [0.3, 0.4) is 0 Å². The molecule has 1 heterocycles. The minimum absolute atomic E-state index is 0.392. The van der Waals surface area contributed by atoms with Crippen LogP contribution in [0.2, 0.25) is 0 Å². The summed E-state index contributed by atoms with van der Waals surface area (Å²) >= 11 is 0. The maximum Gasteiger partial charge on any atom is 0.262 e. The molecule has 0 saturated heterocycles. The van der Waals surface area contributed by atoms with Crippen molar-refractivity contribution in [1.82, 2.24) is 5.32 Å². The number of carbonyl (C=O) groups excluding carboxylic acids is 1. The van der Waals surface area contributed by atoms with Gasteiger partial charge in [0.05, 0.1) is 6.67 Å². The van der Waals surface area contributed by atoms with Gasteiger partial charge in [-0.1, -0.05) is 0 Å². The van der Waals surface area contributed by atoms with Crippen molar-refractivity contribution < 1.29 is 4.79 Å². The Morgan fingerprint density at radius 3 is 2.89 bits per heavy atom. The number of nitrogens with one attached hydrogen (secondary N) is 1. The number of amides is 1. The maximum atomic E-state index is 10.4. The zero-order valence-electron chi connectivity index (χ0n) is 5.05. The van der Waals surface area contributed by atoms with Gasteiger partial charge in [0.15, 0.2) is 0 Å². The van der Waals surface area contributed by atoms with Crippen molar-refractivity contribution in [2.24, 2.45) is 10.7 Å². The normalized spacial score (nSPS) is 18.9. The highest BCUT2D eigenvalue weighted by atomic mass is 16.1. The van der Waals surface area contributed by atoms with Gasteiger partial charge in [-0.3, -0.25) is 15.1 Å². The van der Waals surface area contributed by atoms with Crippen LogP contribution in [0.4, 0.5) is 0 Å². The van der Waals surface area contributed by atoms with E-state index in [0.29, 0.717) is 18.8 Å². The Hall–Kier alpha value is -0.900. The summed E-state index contributed by atoms with van der Waals surface area (Å²) in [6.07, 6.45) is 0.662. The van der Waals surface area contributed by atoms with E-state index >= 15 is 0 Å². The van der Waals surface area contributed by atoms with Crippen LogP contribution in [0.1, 0.15) is 6.42 Å². The first-order chi connectivity index (χ1) is 4.30. The summed E-state index contributed by atoms with van der Waals surface area (Å²) in [5.41, 5.74) is 5.48. The minimum Gasteiger partial charge on any atom is -0.365 e. The fraction of sp³-hybridized carbons (Fsp3) is 0.600. The molecule has 0 radical (unpaired) electrons. The minimum atomic E-state index is -0.392. The van der Waals surface area contributed by atoms with Gasteiger partial charge in [0.1, 0.15) is 5.71 Å². The van der Waals surface area contributed by atoms with E-state index in [0.717, 1.165) is 6.54 Å². The lowest BCUT2D eigenvalue weighted by Gasteiger charge is -2.08. The van der Waals surface area contributed by atoms with Crippen LogP contribution in [-0.4, -0.2) is 24.8 Å². The molecule has 1 amide bonds. The molecule has 9 heavy (non-hydrogen) atoms. The first-order valence-corrected chi connectivity index (χ1v) is 2.84. The summed E-state index contributed by atoms with van der Waals surface area (Å²) in [5.74, 6) is -0.392. The molecule has 50 valence electrons. The van der Waals surface area contributed by atoms with Gasteiger partial charge in [0.25, 0.3) is 5.91 Å². The van der Waals surface area contributed by atoms with Crippen molar-refractivity contribution in [3.8, 4) is 0 Å². The predicted molar refractivity (Wildman–Crippen MR) is 34.1 cm³/mol. The molecule has 1 rings (SSSR count). The summed E-state index contributed by atoms with van der Waals surface area (Å²) in [6.45, 7) is 1.33. The summed E-state index contributed by atoms with van der Waals surface area (Å²) in [6, 6.07) is 0. The van der Waals surface area contributed by atoms with E-state index in [-0.39, 0.29) is 0 Å². The lowest BCUT2D eigenvalue weighted by Crippen LogP contribution is -2.32. The third-order valence-corrected chi connectivity index (χ3v) is 1.20. The van der Waals surface area contributed by atoms with Gasteiger partial charge < -0.3 is 5.73 Å². The van der Waals surface area contributed by atoms with E-state index < -0.39 is 5.91 Å². The van der Waals surface area contributed by atoms with Crippen molar-refractivity contribution in [3.63, 3.8) is 0 Å². The largest absolute Gasteiger partial charge is 0.365 e. The Morgan fingerprint density at radius 1 is 1.78 bits per heavy atom. The second-order valence-electron chi connectivity index (χ2n) is 1.88. The number of nitrogens with two attached hydrogens (primary N) is 1. The van der Waals surface area contributed by atoms with Crippen molar-refractivity contribution >= 4 is 11.6 Å². The maximum absolute atomic E-state index is 10.4. The molecular formula is C5H9N3O. The second-order valence-corrected chi connectivity index (χ2v) is 1.88. The van der Waals surface area contributed by atoms with Crippen molar-refractivity contribution in [2.45, 2.75) is 6.42 Å². The lowest BCUT2D eigenvalue weighted by atomic mass is 10.2. The molecule has 0 aromatic rings. The van der Waals surface area contributed by atoms with Gasteiger partial charge in [0.2, 0.25) is 0 Å². The molecule has 4 nitrogen and oxygen atoms in total. The number of rotatable bonds is 1. The summed E-state index contributed by atoms with van der Waals surface area (Å²) in [7, 11) is 0. The zero-order chi connectivity index (χ0) is 6.69. The second kappa shape index (κ2) is 2.59. The molecule has 4 heteroatoms. The smallest absolute Gasteiger partial charge is 0.262 e. The van der Waals surface area contributed by atoms with E-state index in [1.165, 1.54) is 0 Å². The van der Waals surface area contributed by atoms with Gasteiger partial charge in [-0.05, 0) is 0 Å². The monoisotopic (exact) mass is 127 g/mol. The highest BCUT2D eigenvalue weighted by molar-refractivity contribution is 6.38. The SMILES string of the molecule is NC(=O)C1=NCNCC1. The van der Waals surface area contributed by atoms with Crippen LogP contribution >= 0.6 is 0 Å². The Balaban J connectivity index is 2.57. The van der Waals surface area contributed by atoms with E-state index in [9.17, 15) is 4.79 Å². The molecule has 0 spiro atoms. The van der Waals surface area contributed by atoms with Crippen molar-refractivity contribution in [3.05, 3.63) is 0 Å². The van der Waals surface area contributed by atoms with E-state index in [1.54, 1.807) is 0 Å². The number of nitrogens with zero attached hydrogens (tertiary/aromatic N) is 1. The van der Waals surface area contributed by atoms with E-state index in [1.807, 2.05) is 0 Å². The standard InChI is InChI=1S/C5H9N3O/c6-5(9)4-1-2-7-3-8-4/h7H,1-3H2,(H2,6,9). The summed E-state index contributed by atoms with van der Waals surface area (Å²) in [5, 5.41) is 2.97. The van der Waals surface area contributed by atoms with Gasteiger partial charge in [0, 0.05) is 13.0 Å². The Labute approximate surface area is 53.1 Å². The summed E-state index contributed by atoms with van der Waals surface area (Å²) < 4.78 is 0. The lowest BCUT2D eigenvalue weighted by molar-refractivity contribution is -0.112. The molecule has 0 unspecified atom stereocenters. The fourth-order valence-corrected chi connectivity index (χ4v) is 0.717. The summed E-state index contributed by atoms with van der Waals surface area (Å²) in [4.78, 5) is 14.3. The molecule has 1 aliphatic rings. The van der Waals surface area contributed by atoms with Gasteiger partial charge in [-0.2, -0.15) is 0 Å². The molecule has 0 saturated carbocycles.